The molecule has 3 heterocycles. The molecule has 184 valence electrons. The third-order valence-electron chi connectivity index (χ3n) is 6.12. The van der Waals surface area contributed by atoms with E-state index in [1.807, 2.05) is 30.3 Å². The number of rotatable bonds is 5. The predicted octanol–water partition coefficient (Wildman–Crippen LogP) is 3.75. The first-order valence-corrected chi connectivity index (χ1v) is 11.7. The molecule has 3 N–H and O–H groups in total. The molecule has 1 aliphatic heterocycles. The van der Waals surface area contributed by atoms with E-state index in [0.717, 1.165) is 39.4 Å². The molecule has 1 fully saturated rings. The van der Waals surface area contributed by atoms with Crippen LogP contribution in [0.4, 0.5) is 20.7 Å². The number of hydrogen-bond donors (Lipinski definition) is 3. The van der Waals surface area contributed by atoms with Gasteiger partial charge in [-0.2, -0.15) is 0 Å². The second kappa shape index (κ2) is 10.0. The summed E-state index contributed by atoms with van der Waals surface area (Å²) in [4.78, 5) is 40.2. The van der Waals surface area contributed by atoms with Crippen LogP contribution >= 0.6 is 0 Å². The minimum atomic E-state index is -0.298. The van der Waals surface area contributed by atoms with Crippen molar-refractivity contribution in [3.8, 4) is 11.3 Å². The Bertz CT molecular complexity index is 1400. The monoisotopic (exact) mass is 487 g/mol. The standard InChI is InChI=1S/C26H26FN7O2/c1-17(35)31-21-4-2-3-19(13-21)23-14-22-24(32-23)29-16-30-25(22)33-9-11-34(12-10-33)26(36)28-15-18-5-7-20(27)8-6-18/h2-8,13-14,16H,9-12,15H2,1H3,(H,28,36)(H,31,35)(H,29,30,32). The van der Waals surface area contributed by atoms with Gasteiger partial charge in [-0.3, -0.25) is 4.79 Å². The predicted molar refractivity (Wildman–Crippen MR) is 136 cm³/mol. The fourth-order valence-electron chi connectivity index (χ4n) is 4.32. The number of piperazine rings is 1. The van der Waals surface area contributed by atoms with Crippen LogP contribution in [0.25, 0.3) is 22.3 Å². The van der Waals surface area contributed by atoms with Crippen LogP contribution in [0.3, 0.4) is 0 Å². The highest BCUT2D eigenvalue weighted by molar-refractivity contribution is 5.93. The van der Waals surface area contributed by atoms with Gasteiger partial charge in [0.05, 0.1) is 5.39 Å². The van der Waals surface area contributed by atoms with Crippen molar-refractivity contribution < 1.29 is 14.0 Å². The van der Waals surface area contributed by atoms with E-state index in [1.165, 1.54) is 25.4 Å². The Hall–Kier alpha value is -4.47. The number of anilines is 2. The number of carbonyl (C=O) groups is 2. The third-order valence-corrected chi connectivity index (χ3v) is 6.12. The lowest BCUT2D eigenvalue weighted by atomic mass is 10.1. The van der Waals surface area contributed by atoms with Gasteiger partial charge in [0.25, 0.3) is 0 Å². The van der Waals surface area contributed by atoms with E-state index in [2.05, 4.69) is 30.5 Å². The molecular weight excluding hydrogens is 461 g/mol. The van der Waals surface area contributed by atoms with Crippen LogP contribution in [0.5, 0.6) is 0 Å². The summed E-state index contributed by atoms with van der Waals surface area (Å²) in [6.07, 6.45) is 1.54. The zero-order valence-corrected chi connectivity index (χ0v) is 19.8. The normalized spacial score (nSPS) is 13.6. The number of hydrogen-bond acceptors (Lipinski definition) is 5. The van der Waals surface area contributed by atoms with Gasteiger partial charge < -0.3 is 25.4 Å². The molecule has 0 spiro atoms. The maximum absolute atomic E-state index is 13.1. The molecule has 0 saturated carbocycles. The average molecular weight is 488 g/mol. The van der Waals surface area contributed by atoms with Crippen LogP contribution in [0.2, 0.25) is 0 Å². The lowest BCUT2D eigenvalue weighted by molar-refractivity contribution is -0.114. The number of benzene rings is 2. The molecular formula is C26H26FN7O2. The molecule has 2 aromatic heterocycles. The molecule has 4 aromatic rings. The summed E-state index contributed by atoms with van der Waals surface area (Å²) in [7, 11) is 0. The number of amides is 3. The minimum absolute atomic E-state index is 0.125. The van der Waals surface area contributed by atoms with Gasteiger partial charge in [-0.25, -0.2) is 19.2 Å². The molecule has 9 nitrogen and oxygen atoms in total. The van der Waals surface area contributed by atoms with Gasteiger partial charge in [-0.1, -0.05) is 24.3 Å². The van der Waals surface area contributed by atoms with E-state index >= 15 is 0 Å². The van der Waals surface area contributed by atoms with Crippen molar-refractivity contribution >= 4 is 34.5 Å². The topological polar surface area (TPSA) is 106 Å². The van der Waals surface area contributed by atoms with E-state index < -0.39 is 0 Å². The summed E-state index contributed by atoms with van der Waals surface area (Å²) in [5.74, 6) is 0.389. The van der Waals surface area contributed by atoms with Crippen LogP contribution in [-0.4, -0.2) is 58.0 Å². The van der Waals surface area contributed by atoms with Crippen LogP contribution in [0, 0.1) is 5.82 Å². The molecule has 36 heavy (non-hydrogen) atoms. The van der Waals surface area contributed by atoms with Crippen molar-refractivity contribution in [3.63, 3.8) is 0 Å². The van der Waals surface area contributed by atoms with Crippen molar-refractivity contribution in [1.29, 1.82) is 0 Å². The Morgan fingerprint density at radius 1 is 1.03 bits per heavy atom. The van der Waals surface area contributed by atoms with Gasteiger partial charge in [-0.05, 0) is 35.9 Å². The van der Waals surface area contributed by atoms with E-state index in [1.54, 1.807) is 17.0 Å². The number of nitrogens with one attached hydrogen (secondary N) is 3. The number of nitrogens with zero attached hydrogens (tertiary/aromatic N) is 4. The van der Waals surface area contributed by atoms with Gasteiger partial charge in [-0.15, -0.1) is 0 Å². The molecule has 1 saturated heterocycles. The summed E-state index contributed by atoms with van der Waals surface area (Å²) >= 11 is 0. The Morgan fingerprint density at radius 2 is 1.81 bits per heavy atom. The maximum atomic E-state index is 13.1. The summed E-state index contributed by atoms with van der Waals surface area (Å²) in [6, 6.07) is 15.6. The highest BCUT2D eigenvalue weighted by atomic mass is 19.1. The number of aromatic amines is 1. The van der Waals surface area contributed by atoms with Gasteiger partial charge >= 0.3 is 6.03 Å². The highest BCUT2D eigenvalue weighted by Gasteiger charge is 2.23. The zero-order valence-electron chi connectivity index (χ0n) is 19.8. The second-order valence-corrected chi connectivity index (χ2v) is 8.66. The van der Waals surface area contributed by atoms with Crippen LogP contribution in [0.15, 0.2) is 60.9 Å². The summed E-state index contributed by atoms with van der Waals surface area (Å²) in [6.45, 7) is 4.20. The number of fused-ring (bicyclic) bond motifs is 1. The quantitative estimate of drug-likeness (QED) is 0.398. The van der Waals surface area contributed by atoms with Crippen molar-refractivity contribution in [2.75, 3.05) is 36.4 Å². The minimum Gasteiger partial charge on any atom is -0.352 e. The van der Waals surface area contributed by atoms with E-state index in [-0.39, 0.29) is 17.8 Å². The Morgan fingerprint density at radius 3 is 2.56 bits per heavy atom. The largest absolute Gasteiger partial charge is 0.352 e. The summed E-state index contributed by atoms with van der Waals surface area (Å²) < 4.78 is 13.1. The molecule has 0 unspecified atom stereocenters. The maximum Gasteiger partial charge on any atom is 0.317 e. The number of carbonyl (C=O) groups excluding carboxylic acids is 2. The Balaban J connectivity index is 1.26. The summed E-state index contributed by atoms with van der Waals surface area (Å²) in [5, 5.41) is 6.60. The molecule has 10 heteroatoms. The number of aromatic nitrogens is 3. The molecule has 2 aromatic carbocycles. The smallest absolute Gasteiger partial charge is 0.317 e. The first-order valence-electron chi connectivity index (χ1n) is 11.7. The number of halogens is 1. The third kappa shape index (κ3) is 5.12. The average Bonchev–Trinajstić information content (AvgIpc) is 3.33. The SMILES string of the molecule is CC(=O)Nc1cccc(-c2cc3c(N4CCN(C(=O)NCc5ccc(F)cc5)CC4)ncnc3[nH]2)c1. The molecule has 0 aliphatic carbocycles. The molecule has 1 aliphatic rings. The van der Waals surface area contributed by atoms with E-state index in [4.69, 9.17) is 0 Å². The Labute approximate surface area is 207 Å². The van der Waals surface area contributed by atoms with Gasteiger partial charge in [0.1, 0.15) is 23.6 Å². The highest BCUT2D eigenvalue weighted by Crippen LogP contribution is 2.30. The van der Waals surface area contributed by atoms with Crippen molar-refractivity contribution in [3.05, 3.63) is 72.3 Å². The van der Waals surface area contributed by atoms with Crippen molar-refractivity contribution in [2.24, 2.45) is 0 Å². The second-order valence-electron chi connectivity index (χ2n) is 8.66. The number of urea groups is 1. The fraction of sp³-hybridized carbons (Fsp3) is 0.231. The van der Waals surface area contributed by atoms with Gasteiger partial charge in [0, 0.05) is 56.6 Å². The first-order chi connectivity index (χ1) is 17.5. The van der Waals surface area contributed by atoms with Crippen molar-refractivity contribution in [2.45, 2.75) is 13.5 Å². The van der Waals surface area contributed by atoms with Gasteiger partial charge in [0.2, 0.25) is 5.91 Å². The molecule has 3 amide bonds. The van der Waals surface area contributed by atoms with Crippen molar-refractivity contribution in [1.82, 2.24) is 25.2 Å². The summed E-state index contributed by atoms with van der Waals surface area (Å²) in [5.41, 5.74) is 4.08. The Kier molecular flexibility index (Phi) is 6.48. The molecule has 0 bridgehead atoms. The van der Waals surface area contributed by atoms with E-state index in [9.17, 15) is 14.0 Å². The lowest BCUT2D eigenvalue weighted by Gasteiger charge is -2.35. The fourth-order valence-corrected chi connectivity index (χ4v) is 4.32. The van der Waals surface area contributed by atoms with Gasteiger partial charge in [0.15, 0.2) is 0 Å². The first kappa shape index (κ1) is 23.3. The molecule has 0 atom stereocenters. The number of H-pyrrole nitrogens is 1. The van der Waals surface area contributed by atoms with Crippen LogP contribution < -0.4 is 15.5 Å². The van der Waals surface area contributed by atoms with Crippen LogP contribution in [-0.2, 0) is 11.3 Å². The lowest BCUT2D eigenvalue weighted by Crippen LogP contribution is -2.52. The molecule has 5 rings (SSSR count). The van der Waals surface area contributed by atoms with E-state index in [0.29, 0.717) is 32.7 Å². The zero-order chi connectivity index (χ0) is 25.1. The van der Waals surface area contributed by atoms with Crippen LogP contribution in [0.1, 0.15) is 12.5 Å². The molecule has 0 radical (unpaired) electrons.